The molecule has 0 aromatic carbocycles. The van der Waals surface area contributed by atoms with Gasteiger partial charge >= 0.3 is 0 Å². The largest absolute Gasteiger partial charge is 0.395 e. The summed E-state index contributed by atoms with van der Waals surface area (Å²) >= 11 is 0. The molecule has 1 atom stereocenters. The Hall–Kier alpha value is -0.120. The Morgan fingerprint density at radius 2 is 1.83 bits per heavy atom. The fourth-order valence-electron chi connectivity index (χ4n) is 0.821. The van der Waals surface area contributed by atoms with E-state index in [0.29, 0.717) is 0 Å². The minimum atomic E-state index is 0.185. The van der Waals surface area contributed by atoms with Gasteiger partial charge in [-0.05, 0) is 27.7 Å². The van der Waals surface area contributed by atoms with Crippen molar-refractivity contribution in [2.24, 2.45) is 0 Å². The fourth-order valence-corrected chi connectivity index (χ4v) is 0.821. The highest BCUT2D eigenvalue weighted by Gasteiger charge is 2.07. The fraction of sp³-hybridized carbons (Fsp3) is 1.00. The predicted molar refractivity (Wildman–Crippen MR) is 52.3 cm³/mol. The van der Waals surface area contributed by atoms with Crippen LogP contribution in [0.4, 0.5) is 0 Å². The van der Waals surface area contributed by atoms with Crippen molar-refractivity contribution >= 4 is 0 Å². The van der Waals surface area contributed by atoms with Gasteiger partial charge in [-0.3, -0.25) is 0 Å². The lowest BCUT2D eigenvalue weighted by Crippen LogP contribution is -2.42. The predicted octanol–water partition coefficient (Wildman–Crippen LogP) is 0.345. The number of hydrogen-bond donors (Lipinski definition) is 3. The van der Waals surface area contributed by atoms with Gasteiger partial charge in [0.1, 0.15) is 0 Å². The molecule has 0 saturated heterocycles. The maximum absolute atomic E-state index is 8.71. The zero-order chi connectivity index (χ0) is 9.61. The SMILES string of the molecule is CC(CO)NCCNC(C)(C)C. The Kier molecular flexibility index (Phi) is 5.46. The number of aliphatic hydroxyl groups excluding tert-OH is 1. The normalized spacial score (nSPS) is 14.8. The Labute approximate surface area is 75.6 Å². The number of rotatable bonds is 5. The molecule has 0 bridgehead atoms. The first kappa shape index (κ1) is 11.9. The van der Waals surface area contributed by atoms with Gasteiger partial charge in [0.05, 0.1) is 6.61 Å². The lowest BCUT2D eigenvalue weighted by Gasteiger charge is -2.21. The summed E-state index contributed by atoms with van der Waals surface area (Å²) in [5, 5.41) is 15.3. The minimum absolute atomic E-state index is 0.185. The quantitative estimate of drug-likeness (QED) is 0.527. The maximum Gasteiger partial charge on any atom is 0.0581 e. The van der Waals surface area contributed by atoms with Crippen molar-refractivity contribution in [2.45, 2.75) is 39.3 Å². The highest BCUT2D eigenvalue weighted by Crippen LogP contribution is 1.96. The third-order valence-corrected chi connectivity index (χ3v) is 1.55. The van der Waals surface area contributed by atoms with Crippen molar-refractivity contribution in [1.29, 1.82) is 0 Å². The van der Waals surface area contributed by atoms with Crippen LogP contribution in [0.2, 0.25) is 0 Å². The van der Waals surface area contributed by atoms with Gasteiger partial charge in [-0.1, -0.05) is 0 Å². The van der Waals surface area contributed by atoms with Gasteiger partial charge in [-0.2, -0.15) is 0 Å². The van der Waals surface area contributed by atoms with Gasteiger partial charge in [0.2, 0.25) is 0 Å². The highest BCUT2D eigenvalue weighted by molar-refractivity contribution is 4.71. The van der Waals surface area contributed by atoms with Crippen LogP contribution in [-0.4, -0.2) is 36.4 Å². The number of hydrogen-bond acceptors (Lipinski definition) is 3. The lowest BCUT2D eigenvalue weighted by molar-refractivity contribution is 0.250. The van der Waals surface area contributed by atoms with Crippen molar-refractivity contribution in [3.05, 3.63) is 0 Å². The molecule has 12 heavy (non-hydrogen) atoms. The molecule has 0 aromatic heterocycles. The first-order valence-corrected chi connectivity index (χ1v) is 4.55. The van der Waals surface area contributed by atoms with Gasteiger partial charge in [0.15, 0.2) is 0 Å². The van der Waals surface area contributed by atoms with E-state index in [9.17, 15) is 0 Å². The van der Waals surface area contributed by atoms with E-state index in [1.165, 1.54) is 0 Å². The standard InChI is InChI=1S/C9H22N2O/c1-8(7-12)10-5-6-11-9(2,3)4/h8,10-12H,5-7H2,1-4H3. The average Bonchev–Trinajstić information content (AvgIpc) is 1.96. The van der Waals surface area contributed by atoms with Crippen LogP contribution in [0.5, 0.6) is 0 Å². The van der Waals surface area contributed by atoms with E-state index in [0.717, 1.165) is 13.1 Å². The zero-order valence-corrected chi connectivity index (χ0v) is 8.65. The minimum Gasteiger partial charge on any atom is -0.395 e. The molecular weight excluding hydrogens is 152 g/mol. The van der Waals surface area contributed by atoms with E-state index in [2.05, 4.69) is 31.4 Å². The van der Waals surface area contributed by atoms with E-state index in [-0.39, 0.29) is 18.2 Å². The van der Waals surface area contributed by atoms with Crippen molar-refractivity contribution in [3.63, 3.8) is 0 Å². The average molecular weight is 174 g/mol. The third-order valence-electron chi connectivity index (χ3n) is 1.55. The van der Waals surface area contributed by atoms with E-state index in [1.807, 2.05) is 6.92 Å². The molecule has 0 radical (unpaired) electrons. The Bertz CT molecular complexity index is 110. The van der Waals surface area contributed by atoms with Gasteiger partial charge in [0, 0.05) is 24.7 Å². The van der Waals surface area contributed by atoms with Gasteiger partial charge in [-0.25, -0.2) is 0 Å². The van der Waals surface area contributed by atoms with E-state index >= 15 is 0 Å². The Balaban J connectivity index is 3.22. The second kappa shape index (κ2) is 5.51. The summed E-state index contributed by atoms with van der Waals surface area (Å²) in [6, 6.07) is 0.201. The van der Waals surface area contributed by atoms with Crippen molar-refractivity contribution in [1.82, 2.24) is 10.6 Å². The molecule has 0 saturated carbocycles. The van der Waals surface area contributed by atoms with Gasteiger partial charge < -0.3 is 15.7 Å². The Morgan fingerprint density at radius 1 is 1.25 bits per heavy atom. The number of nitrogens with one attached hydrogen (secondary N) is 2. The van der Waals surface area contributed by atoms with Crippen molar-refractivity contribution < 1.29 is 5.11 Å². The van der Waals surface area contributed by atoms with Crippen LogP contribution in [0.25, 0.3) is 0 Å². The monoisotopic (exact) mass is 174 g/mol. The lowest BCUT2D eigenvalue weighted by atomic mass is 10.1. The molecule has 0 spiro atoms. The van der Waals surface area contributed by atoms with E-state index in [1.54, 1.807) is 0 Å². The molecule has 74 valence electrons. The molecule has 0 aliphatic carbocycles. The molecule has 0 aromatic rings. The molecule has 0 fully saturated rings. The topological polar surface area (TPSA) is 44.3 Å². The van der Waals surface area contributed by atoms with Crippen molar-refractivity contribution in [2.75, 3.05) is 19.7 Å². The molecule has 3 N–H and O–H groups in total. The summed E-state index contributed by atoms with van der Waals surface area (Å²) in [6.07, 6.45) is 0. The molecule has 0 aliphatic heterocycles. The van der Waals surface area contributed by atoms with Crippen LogP contribution in [0.3, 0.4) is 0 Å². The summed E-state index contributed by atoms with van der Waals surface area (Å²) in [6.45, 7) is 10.4. The highest BCUT2D eigenvalue weighted by atomic mass is 16.3. The molecule has 1 unspecified atom stereocenters. The molecule has 0 rings (SSSR count). The summed E-state index contributed by atoms with van der Waals surface area (Å²) in [7, 11) is 0. The summed E-state index contributed by atoms with van der Waals surface area (Å²) < 4.78 is 0. The molecule has 0 amide bonds. The van der Waals surface area contributed by atoms with E-state index < -0.39 is 0 Å². The first-order chi connectivity index (χ1) is 5.45. The van der Waals surface area contributed by atoms with Crippen LogP contribution in [0.15, 0.2) is 0 Å². The van der Waals surface area contributed by atoms with Crippen molar-refractivity contribution in [3.8, 4) is 0 Å². The van der Waals surface area contributed by atoms with Crippen LogP contribution < -0.4 is 10.6 Å². The van der Waals surface area contributed by atoms with Crippen LogP contribution in [0.1, 0.15) is 27.7 Å². The zero-order valence-electron chi connectivity index (χ0n) is 8.65. The molecule has 3 nitrogen and oxygen atoms in total. The number of aliphatic hydroxyl groups is 1. The van der Waals surface area contributed by atoms with Crippen LogP contribution >= 0.6 is 0 Å². The summed E-state index contributed by atoms with van der Waals surface area (Å²) in [5.74, 6) is 0. The second-order valence-corrected chi connectivity index (χ2v) is 4.21. The Morgan fingerprint density at radius 3 is 2.25 bits per heavy atom. The molecule has 3 heteroatoms. The second-order valence-electron chi connectivity index (χ2n) is 4.21. The maximum atomic E-state index is 8.71. The molecule has 0 aliphatic rings. The van der Waals surface area contributed by atoms with Crippen LogP contribution in [-0.2, 0) is 0 Å². The van der Waals surface area contributed by atoms with Crippen LogP contribution in [0, 0.1) is 0 Å². The third kappa shape index (κ3) is 7.98. The molecule has 0 heterocycles. The smallest absolute Gasteiger partial charge is 0.0581 e. The van der Waals surface area contributed by atoms with Gasteiger partial charge in [-0.15, -0.1) is 0 Å². The summed E-state index contributed by atoms with van der Waals surface area (Å²) in [5.41, 5.74) is 0.185. The summed E-state index contributed by atoms with van der Waals surface area (Å²) in [4.78, 5) is 0. The molecular formula is C9H22N2O. The first-order valence-electron chi connectivity index (χ1n) is 4.55. The van der Waals surface area contributed by atoms with E-state index in [4.69, 9.17) is 5.11 Å². The van der Waals surface area contributed by atoms with Gasteiger partial charge in [0.25, 0.3) is 0 Å².